The molecule has 1 saturated heterocycles. The lowest BCUT2D eigenvalue weighted by Crippen LogP contribution is -2.36. The summed E-state index contributed by atoms with van der Waals surface area (Å²) >= 11 is 0. The van der Waals surface area contributed by atoms with Crippen molar-refractivity contribution in [3.8, 4) is 0 Å². The second-order valence-corrected chi connectivity index (χ2v) is 9.33. The van der Waals surface area contributed by atoms with Crippen LogP contribution in [0.4, 0.5) is 28.8 Å². The van der Waals surface area contributed by atoms with Crippen LogP contribution in [0.15, 0.2) is 48.5 Å². The lowest BCUT2D eigenvalue weighted by atomic mass is 9.87. The van der Waals surface area contributed by atoms with Crippen LogP contribution in [0.2, 0.25) is 0 Å². The van der Waals surface area contributed by atoms with Crippen molar-refractivity contribution in [2.45, 2.75) is 40.0 Å². The zero-order valence-electron chi connectivity index (χ0n) is 19.7. The van der Waals surface area contributed by atoms with Gasteiger partial charge in [0.1, 0.15) is 5.82 Å². The van der Waals surface area contributed by atoms with E-state index >= 15 is 0 Å². The molecule has 2 N–H and O–H groups in total. The van der Waals surface area contributed by atoms with E-state index in [4.69, 9.17) is 9.72 Å². The zero-order chi connectivity index (χ0) is 22.7. The van der Waals surface area contributed by atoms with Crippen LogP contribution in [0.1, 0.15) is 37.6 Å². The Morgan fingerprint density at radius 2 is 1.59 bits per heavy atom. The molecule has 0 bridgehead atoms. The third-order valence-corrected chi connectivity index (χ3v) is 5.88. The van der Waals surface area contributed by atoms with Crippen molar-refractivity contribution in [2.24, 2.45) is 0 Å². The summed E-state index contributed by atoms with van der Waals surface area (Å²) in [5.41, 5.74) is 6.56. The van der Waals surface area contributed by atoms with Gasteiger partial charge in [-0.1, -0.05) is 32.9 Å². The molecule has 4 rings (SSSR count). The Kier molecular flexibility index (Phi) is 6.33. The maximum atomic E-state index is 5.45. The van der Waals surface area contributed by atoms with Gasteiger partial charge in [0.2, 0.25) is 5.95 Å². The summed E-state index contributed by atoms with van der Waals surface area (Å²) < 4.78 is 5.45. The SMILES string of the molecule is Cc1nc(Nc2ccc(N3CCOCC3)cc2)nc(Nc2cccc(C(C)(C)C)c2)c1C. The van der Waals surface area contributed by atoms with Gasteiger partial charge in [-0.15, -0.1) is 0 Å². The molecule has 0 unspecified atom stereocenters. The highest BCUT2D eigenvalue weighted by molar-refractivity contribution is 5.65. The maximum Gasteiger partial charge on any atom is 0.229 e. The standard InChI is InChI=1S/C26H33N5O/c1-18-19(2)27-25(29-21-9-11-23(12-10-21)31-13-15-32-16-14-31)30-24(18)28-22-8-6-7-20(17-22)26(3,4)5/h6-12,17H,13-16H2,1-5H3,(H2,27,28,29,30). The Morgan fingerprint density at radius 3 is 2.28 bits per heavy atom. The Labute approximate surface area is 191 Å². The second-order valence-electron chi connectivity index (χ2n) is 9.33. The minimum absolute atomic E-state index is 0.0917. The number of hydrogen-bond donors (Lipinski definition) is 2. The van der Waals surface area contributed by atoms with E-state index in [1.165, 1.54) is 11.3 Å². The molecule has 0 spiro atoms. The molecule has 0 atom stereocenters. The van der Waals surface area contributed by atoms with Gasteiger partial charge in [0.25, 0.3) is 0 Å². The fourth-order valence-electron chi connectivity index (χ4n) is 3.71. The largest absolute Gasteiger partial charge is 0.378 e. The fraction of sp³-hybridized carbons (Fsp3) is 0.385. The molecule has 1 fully saturated rings. The molecule has 0 radical (unpaired) electrons. The summed E-state index contributed by atoms with van der Waals surface area (Å²) in [4.78, 5) is 11.8. The number of anilines is 5. The second kappa shape index (κ2) is 9.17. The first-order valence-corrected chi connectivity index (χ1v) is 11.2. The number of morpholine rings is 1. The monoisotopic (exact) mass is 431 g/mol. The first kappa shape index (κ1) is 22.1. The zero-order valence-corrected chi connectivity index (χ0v) is 19.7. The van der Waals surface area contributed by atoms with Gasteiger partial charge in [-0.2, -0.15) is 4.98 Å². The van der Waals surface area contributed by atoms with Crippen LogP contribution in [-0.4, -0.2) is 36.3 Å². The van der Waals surface area contributed by atoms with Gasteiger partial charge < -0.3 is 20.3 Å². The number of hydrogen-bond acceptors (Lipinski definition) is 6. The van der Waals surface area contributed by atoms with E-state index < -0.39 is 0 Å². The molecule has 1 aliphatic rings. The number of ether oxygens (including phenoxy) is 1. The molecule has 2 heterocycles. The van der Waals surface area contributed by atoms with Gasteiger partial charge in [0, 0.05) is 41.4 Å². The van der Waals surface area contributed by atoms with E-state index in [0.717, 1.165) is 54.8 Å². The molecule has 0 aliphatic carbocycles. The molecule has 32 heavy (non-hydrogen) atoms. The van der Waals surface area contributed by atoms with Gasteiger partial charge in [0.15, 0.2) is 0 Å². The van der Waals surface area contributed by atoms with Crippen molar-refractivity contribution >= 4 is 28.8 Å². The van der Waals surface area contributed by atoms with Crippen molar-refractivity contribution in [3.63, 3.8) is 0 Å². The molecule has 0 saturated carbocycles. The Balaban J connectivity index is 1.52. The lowest BCUT2D eigenvalue weighted by Gasteiger charge is -2.28. The van der Waals surface area contributed by atoms with Crippen molar-refractivity contribution in [1.29, 1.82) is 0 Å². The van der Waals surface area contributed by atoms with Crippen molar-refractivity contribution < 1.29 is 4.74 Å². The smallest absolute Gasteiger partial charge is 0.229 e. The first-order valence-electron chi connectivity index (χ1n) is 11.2. The predicted molar refractivity (Wildman–Crippen MR) is 133 cm³/mol. The van der Waals surface area contributed by atoms with Crippen LogP contribution in [0.3, 0.4) is 0 Å². The summed E-state index contributed by atoms with van der Waals surface area (Å²) in [6.45, 7) is 14.1. The summed E-state index contributed by atoms with van der Waals surface area (Å²) in [7, 11) is 0. The lowest BCUT2D eigenvalue weighted by molar-refractivity contribution is 0.122. The number of rotatable bonds is 5. The molecule has 1 aromatic heterocycles. The van der Waals surface area contributed by atoms with E-state index in [0.29, 0.717) is 5.95 Å². The molecule has 3 aromatic rings. The third-order valence-electron chi connectivity index (χ3n) is 5.88. The van der Waals surface area contributed by atoms with Gasteiger partial charge in [-0.05, 0) is 61.2 Å². The molecule has 1 aliphatic heterocycles. The first-order chi connectivity index (χ1) is 15.3. The van der Waals surface area contributed by atoms with Crippen molar-refractivity contribution in [1.82, 2.24) is 9.97 Å². The van der Waals surface area contributed by atoms with E-state index in [9.17, 15) is 0 Å². The quantitative estimate of drug-likeness (QED) is 0.539. The highest BCUT2D eigenvalue weighted by Gasteiger charge is 2.15. The predicted octanol–water partition coefficient (Wildman–Crippen LogP) is 5.71. The number of aromatic nitrogens is 2. The topological polar surface area (TPSA) is 62.3 Å². The minimum Gasteiger partial charge on any atom is -0.378 e. The van der Waals surface area contributed by atoms with Crippen molar-refractivity contribution in [3.05, 3.63) is 65.4 Å². The molecule has 0 amide bonds. The Bertz CT molecular complexity index is 1070. The van der Waals surface area contributed by atoms with E-state index in [2.05, 4.69) is 89.8 Å². The number of nitrogens with one attached hydrogen (secondary N) is 2. The van der Waals surface area contributed by atoms with E-state index in [1.54, 1.807) is 0 Å². The molecule has 6 heteroatoms. The number of nitrogens with zero attached hydrogens (tertiary/aromatic N) is 3. The molecule has 6 nitrogen and oxygen atoms in total. The highest BCUT2D eigenvalue weighted by Crippen LogP contribution is 2.28. The van der Waals surface area contributed by atoms with Crippen molar-refractivity contribution in [2.75, 3.05) is 41.8 Å². The van der Waals surface area contributed by atoms with Gasteiger partial charge in [-0.3, -0.25) is 0 Å². The van der Waals surface area contributed by atoms with Crippen LogP contribution < -0.4 is 15.5 Å². The van der Waals surface area contributed by atoms with E-state index in [-0.39, 0.29) is 5.41 Å². The summed E-state index contributed by atoms with van der Waals surface area (Å²) in [6, 6.07) is 16.9. The van der Waals surface area contributed by atoms with Crippen LogP contribution >= 0.6 is 0 Å². The normalized spacial score (nSPS) is 14.3. The van der Waals surface area contributed by atoms with Gasteiger partial charge in [-0.25, -0.2) is 4.98 Å². The van der Waals surface area contributed by atoms with Crippen LogP contribution in [-0.2, 0) is 10.2 Å². The summed E-state index contributed by atoms with van der Waals surface area (Å²) in [6.07, 6.45) is 0. The highest BCUT2D eigenvalue weighted by atomic mass is 16.5. The molecular weight excluding hydrogens is 398 g/mol. The van der Waals surface area contributed by atoms with Gasteiger partial charge in [0.05, 0.1) is 13.2 Å². The molecular formula is C26H33N5O. The van der Waals surface area contributed by atoms with Crippen LogP contribution in [0.5, 0.6) is 0 Å². The summed E-state index contributed by atoms with van der Waals surface area (Å²) in [5, 5.41) is 6.85. The number of aryl methyl sites for hydroxylation is 1. The molecule has 168 valence electrons. The fourth-order valence-corrected chi connectivity index (χ4v) is 3.71. The minimum atomic E-state index is 0.0917. The summed E-state index contributed by atoms with van der Waals surface area (Å²) in [5.74, 6) is 1.40. The third kappa shape index (κ3) is 5.19. The molecule has 2 aromatic carbocycles. The number of benzene rings is 2. The Hall–Kier alpha value is -3.12. The average molecular weight is 432 g/mol. The van der Waals surface area contributed by atoms with E-state index in [1.807, 2.05) is 13.8 Å². The van der Waals surface area contributed by atoms with Crippen LogP contribution in [0, 0.1) is 13.8 Å². The van der Waals surface area contributed by atoms with Crippen LogP contribution in [0.25, 0.3) is 0 Å². The average Bonchev–Trinajstić information content (AvgIpc) is 2.78. The Morgan fingerprint density at radius 1 is 0.875 bits per heavy atom. The van der Waals surface area contributed by atoms with Gasteiger partial charge >= 0.3 is 0 Å². The maximum absolute atomic E-state index is 5.45.